The highest BCUT2D eigenvalue weighted by Crippen LogP contribution is 2.35. The van der Waals surface area contributed by atoms with Crippen molar-refractivity contribution in [2.24, 2.45) is 11.8 Å². The first-order valence-corrected chi connectivity index (χ1v) is 12.8. The Labute approximate surface area is 169 Å². The van der Waals surface area contributed by atoms with E-state index in [4.69, 9.17) is 4.74 Å². The number of nitrogens with one attached hydrogen (secondary N) is 1. The zero-order chi connectivity index (χ0) is 19.7. The van der Waals surface area contributed by atoms with E-state index in [1.54, 1.807) is 0 Å². The van der Waals surface area contributed by atoms with E-state index in [9.17, 15) is 8.42 Å². The van der Waals surface area contributed by atoms with Crippen molar-refractivity contribution < 1.29 is 13.2 Å². The fourth-order valence-electron chi connectivity index (χ4n) is 4.93. The molecule has 1 aromatic carbocycles. The summed E-state index contributed by atoms with van der Waals surface area (Å²) in [7, 11) is -3.15. The lowest BCUT2D eigenvalue weighted by molar-refractivity contribution is 0.125. The van der Waals surface area contributed by atoms with Gasteiger partial charge in [-0.2, -0.15) is 0 Å². The lowest BCUT2D eigenvalue weighted by Gasteiger charge is -2.41. The molecular formula is C22H34N2O3S. The van der Waals surface area contributed by atoms with Crippen molar-refractivity contribution in [3.63, 3.8) is 0 Å². The first kappa shape index (κ1) is 20.2. The summed E-state index contributed by atoms with van der Waals surface area (Å²) in [6.07, 6.45) is 7.65. The predicted octanol–water partition coefficient (Wildman–Crippen LogP) is 2.63. The number of fused-ring (bicyclic) bond motifs is 1. The van der Waals surface area contributed by atoms with Crippen LogP contribution >= 0.6 is 0 Å². The standard InChI is InChI=1S/C22H34N2O3S/c1-16(13-18-5-6-19-9-12-27-21(19)14-18)24(15-17-3-4-17)22(28(2,25)26)20-7-10-23-11-8-20/h5-6,14,16-17,20,22-23H,3-4,7-13,15H2,1-2H3. The van der Waals surface area contributed by atoms with Gasteiger partial charge < -0.3 is 10.1 Å². The minimum Gasteiger partial charge on any atom is -0.493 e. The normalized spacial score (nSPS) is 22.7. The quantitative estimate of drug-likeness (QED) is 0.719. The first-order valence-electron chi connectivity index (χ1n) is 10.8. The molecule has 2 fully saturated rings. The Morgan fingerprint density at radius 1 is 1.21 bits per heavy atom. The summed E-state index contributed by atoms with van der Waals surface area (Å²) in [4.78, 5) is 2.33. The maximum absolute atomic E-state index is 12.9. The van der Waals surface area contributed by atoms with Gasteiger partial charge in [-0.05, 0) is 81.1 Å². The van der Waals surface area contributed by atoms with Crippen LogP contribution in [0.25, 0.3) is 0 Å². The largest absolute Gasteiger partial charge is 0.493 e. The van der Waals surface area contributed by atoms with E-state index in [1.165, 1.54) is 30.2 Å². The van der Waals surface area contributed by atoms with Gasteiger partial charge in [0, 0.05) is 25.3 Å². The van der Waals surface area contributed by atoms with Crippen molar-refractivity contribution in [2.75, 3.05) is 32.5 Å². The van der Waals surface area contributed by atoms with Gasteiger partial charge in [0.15, 0.2) is 9.84 Å². The van der Waals surface area contributed by atoms with Crippen LogP contribution in [-0.4, -0.2) is 57.2 Å². The Morgan fingerprint density at radius 3 is 2.64 bits per heavy atom. The number of hydrogen-bond donors (Lipinski definition) is 1. The molecule has 156 valence electrons. The minimum atomic E-state index is -3.15. The van der Waals surface area contributed by atoms with Crippen LogP contribution < -0.4 is 10.1 Å². The van der Waals surface area contributed by atoms with E-state index in [1.807, 2.05) is 0 Å². The van der Waals surface area contributed by atoms with Crippen molar-refractivity contribution in [3.8, 4) is 5.75 Å². The van der Waals surface area contributed by atoms with Gasteiger partial charge in [0.2, 0.25) is 0 Å². The minimum absolute atomic E-state index is 0.190. The maximum Gasteiger partial charge on any atom is 0.163 e. The van der Waals surface area contributed by atoms with Gasteiger partial charge in [-0.1, -0.05) is 12.1 Å². The molecule has 0 aromatic heterocycles. The predicted molar refractivity (Wildman–Crippen MR) is 112 cm³/mol. The number of benzene rings is 1. The second kappa shape index (κ2) is 8.33. The fraction of sp³-hybridized carbons (Fsp3) is 0.727. The van der Waals surface area contributed by atoms with Crippen LogP contribution in [0.3, 0.4) is 0 Å². The molecule has 28 heavy (non-hydrogen) atoms. The van der Waals surface area contributed by atoms with Gasteiger partial charge in [0.05, 0.1) is 6.61 Å². The molecule has 5 nitrogen and oxygen atoms in total. The molecule has 2 atom stereocenters. The number of ether oxygens (including phenoxy) is 1. The number of rotatable bonds is 8. The summed E-state index contributed by atoms with van der Waals surface area (Å²) in [6.45, 7) is 5.73. The molecule has 2 heterocycles. The molecule has 1 saturated carbocycles. The highest BCUT2D eigenvalue weighted by atomic mass is 32.2. The monoisotopic (exact) mass is 406 g/mol. The van der Waals surface area contributed by atoms with Gasteiger partial charge in [0.1, 0.15) is 11.1 Å². The van der Waals surface area contributed by atoms with E-state index in [0.29, 0.717) is 5.92 Å². The van der Waals surface area contributed by atoms with Gasteiger partial charge in [-0.3, -0.25) is 4.90 Å². The molecule has 6 heteroatoms. The Bertz CT molecular complexity index is 785. The highest BCUT2D eigenvalue weighted by molar-refractivity contribution is 7.91. The van der Waals surface area contributed by atoms with Gasteiger partial charge in [-0.15, -0.1) is 0 Å². The van der Waals surface area contributed by atoms with Crippen LogP contribution in [0.1, 0.15) is 43.7 Å². The number of nitrogens with zero attached hydrogens (tertiary/aromatic N) is 1. The summed E-state index contributed by atoms with van der Waals surface area (Å²) in [5.41, 5.74) is 2.53. The topological polar surface area (TPSA) is 58.6 Å². The smallest absolute Gasteiger partial charge is 0.163 e. The van der Waals surface area contributed by atoms with E-state index in [0.717, 1.165) is 57.7 Å². The molecule has 1 aliphatic carbocycles. The Morgan fingerprint density at radius 2 is 1.96 bits per heavy atom. The fourth-order valence-corrected chi connectivity index (χ4v) is 6.68. The summed E-state index contributed by atoms with van der Waals surface area (Å²) in [5, 5.41) is 3.01. The molecule has 2 aliphatic heterocycles. The lowest BCUT2D eigenvalue weighted by Crippen LogP contribution is -2.53. The molecule has 3 aliphatic rings. The maximum atomic E-state index is 12.9. The van der Waals surface area contributed by atoms with Crippen molar-refractivity contribution >= 4 is 9.84 Å². The number of sulfone groups is 1. The molecule has 0 radical (unpaired) electrons. The molecular weight excluding hydrogens is 372 g/mol. The van der Waals surface area contributed by atoms with Crippen LogP contribution in [0.2, 0.25) is 0 Å². The third kappa shape index (κ3) is 4.71. The van der Waals surface area contributed by atoms with Crippen molar-refractivity contribution in [2.45, 2.75) is 56.9 Å². The summed E-state index contributed by atoms with van der Waals surface area (Å²) in [5.74, 6) is 1.90. The molecule has 0 bridgehead atoms. The average molecular weight is 407 g/mol. The summed E-state index contributed by atoms with van der Waals surface area (Å²) in [6, 6.07) is 6.72. The summed E-state index contributed by atoms with van der Waals surface area (Å²) >= 11 is 0. The highest BCUT2D eigenvalue weighted by Gasteiger charge is 2.40. The Hall–Kier alpha value is -1.11. The van der Waals surface area contributed by atoms with Crippen LogP contribution in [0.15, 0.2) is 18.2 Å². The Balaban J connectivity index is 1.56. The van der Waals surface area contributed by atoms with E-state index >= 15 is 0 Å². The second-order valence-electron chi connectivity index (χ2n) is 9.04. The van der Waals surface area contributed by atoms with E-state index < -0.39 is 9.84 Å². The zero-order valence-corrected chi connectivity index (χ0v) is 18.0. The molecule has 0 spiro atoms. The molecule has 1 N–H and O–H groups in total. The average Bonchev–Trinajstić information content (AvgIpc) is 3.35. The molecule has 0 amide bonds. The van der Waals surface area contributed by atoms with Crippen molar-refractivity contribution in [1.29, 1.82) is 0 Å². The van der Waals surface area contributed by atoms with Crippen LogP contribution in [0.5, 0.6) is 5.75 Å². The van der Waals surface area contributed by atoms with Crippen LogP contribution in [-0.2, 0) is 22.7 Å². The molecule has 4 rings (SSSR count). The lowest BCUT2D eigenvalue weighted by atomic mass is 9.95. The van der Waals surface area contributed by atoms with Gasteiger partial charge in [0.25, 0.3) is 0 Å². The summed E-state index contributed by atoms with van der Waals surface area (Å²) < 4.78 is 31.5. The van der Waals surface area contributed by atoms with Gasteiger partial charge in [-0.25, -0.2) is 8.42 Å². The molecule has 1 aromatic rings. The third-order valence-corrected chi connectivity index (χ3v) is 8.11. The van der Waals surface area contributed by atoms with E-state index in [-0.39, 0.29) is 17.3 Å². The van der Waals surface area contributed by atoms with Crippen LogP contribution in [0.4, 0.5) is 0 Å². The SMILES string of the molecule is CC(Cc1ccc2c(c1)OCC2)N(CC1CC1)C(C1CCNCC1)S(C)(=O)=O. The number of hydrogen-bond acceptors (Lipinski definition) is 5. The van der Waals surface area contributed by atoms with Crippen molar-refractivity contribution in [3.05, 3.63) is 29.3 Å². The van der Waals surface area contributed by atoms with Gasteiger partial charge >= 0.3 is 0 Å². The molecule has 1 saturated heterocycles. The third-order valence-electron chi connectivity index (χ3n) is 6.58. The first-order chi connectivity index (χ1) is 13.4. The Kier molecular flexibility index (Phi) is 6.00. The van der Waals surface area contributed by atoms with E-state index in [2.05, 4.69) is 35.3 Å². The number of piperidine rings is 1. The van der Waals surface area contributed by atoms with Crippen molar-refractivity contribution in [1.82, 2.24) is 10.2 Å². The molecule has 2 unspecified atom stereocenters. The second-order valence-corrected chi connectivity index (χ2v) is 11.2. The van der Waals surface area contributed by atoms with Crippen LogP contribution in [0, 0.1) is 11.8 Å². The zero-order valence-electron chi connectivity index (χ0n) is 17.2.